The van der Waals surface area contributed by atoms with Crippen molar-refractivity contribution in [2.45, 2.75) is 38.3 Å². The molecule has 1 amide bonds. The quantitative estimate of drug-likeness (QED) is 0.567. The van der Waals surface area contributed by atoms with E-state index in [1.807, 2.05) is 5.32 Å². The minimum absolute atomic E-state index is 0.567. The molecule has 0 aromatic rings. The molecule has 2 aliphatic rings. The zero-order valence-corrected chi connectivity index (χ0v) is 12.9. The van der Waals surface area contributed by atoms with Gasteiger partial charge in [0.1, 0.15) is 12.2 Å². The molecule has 2 heterocycles. The molecule has 5 atom stereocenters. The van der Waals surface area contributed by atoms with Gasteiger partial charge in [0, 0.05) is 13.8 Å². The maximum absolute atomic E-state index is 13.7. The number of carbonyl (C=O) groups is 3. The third-order valence-corrected chi connectivity index (χ3v) is 3.60. The molecule has 0 aromatic heterocycles. The van der Waals surface area contributed by atoms with Crippen LogP contribution in [0.15, 0.2) is 11.9 Å². The highest BCUT2D eigenvalue weighted by molar-refractivity contribution is 6.08. The molecule has 0 radical (unpaired) electrons. The molecule has 0 aromatic carbocycles. The molecule has 1 fully saturated rings. The van der Waals surface area contributed by atoms with Crippen LogP contribution in [0.4, 0.5) is 4.39 Å². The maximum atomic E-state index is 13.7. The van der Waals surface area contributed by atoms with E-state index in [2.05, 4.69) is 0 Å². The van der Waals surface area contributed by atoms with Gasteiger partial charge in [-0.1, -0.05) is 0 Å². The highest BCUT2D eigenvalue weighted by Crippen LogP contribution is 2.33. The maximum Gasteiger partial charge on any atom is 0.303 e. The largest absolute Gasteiger partial charge is 0.456 e. The van der Waals surface area contributed by atoms with E-state index < -0.39 is 66.4 Å². The van der Waals surface area contributed by atoms with Gasteiger partial charge in [0.2, 0.25) is 5.91 Å². The summed E-state index contributed by atoms with van der Waals surface area (Å²) in [5.74, 6) is -5.04. The third kappa shape index (κ3) is 3.60. The van der Waals surface area contributed by atoms with Crippen LogP contribution in [-0.2, 0) is 28.6 Å². The van der Waals surface area contributed by atoms with Gasteiger partial charge in [-0.15, -0.1) is 0 Å². The average molecular weight is 344 g/mol. The Morgan fingerprint density at radius 1 is 1.33 bits per heavy atom. The van der Waals surface area contributed by atoms with Gasteiger partial charge >= 0.3 is 11.9 Å². The molecular formula is C14H17FN2O7. The van der Waals surface area contributed by atoms with Crippen molar-refractivity contribution in [2.75, 3.05) is 6.61 Å². The second-order valence-corrected chi connectivity index (χ2v) is 5.37. The van der Waals surface area contributed by atoms with Crippen LogP contribution in [0.3, 0.4) is 0 Å². The van der Waals surface area contributed by atoms with Crippen LogP contribution in [0.25, 0.3) is 0 Å². The van der Waals surface area contributed by atoms with Crippen molar-refractivity contribution in [3.63, 3.8) is 0 Å². The minimum atomic E-state index is -1.22. The van der Waals surface area contributed by atoms with E-state index in [1.54, 1.807) is 0 Å². The van der Waals surface area contributed by atoms with E-state index in [-0.39, 0.29) is 0 Å². The van der Waals surface area contributed by atoms with Crippen LogP contribution in [0.5, 0.6) is 0 Å². The van der Waals surface area contributed by atoms with Crippen molar-refractivity contribution >= 4 is 23.7 Å². The second-order valence-electron chi connectivity index (χ2n) is 5.37. The highest BCUT2D eigenvalue weighted by Gasteiger charge is 2.53. The van der Waals surface area contributed by atoms with Crippen molar-refractivity contribution in [1.29, 1.82) is 5.41 Å². The van der Waals surface area contributed by atoms with Gasteiger partial charge in [-0.25, -0.2) is 4.39 Å². The molecule has 9 nitrogen and oxygen atoms in total. The number of hydrogen-bond acceptors (Lipinski definition) is 8. The molecule has 3 unspecified atom stereocenters. The van der Waals surface area contributed by atoms with Gasteiger partial charge < -0.3 is 24.6 Å². The summed E-state index contributed by atoms with van der Waals surface area (Å²) in [7, 11) is 0. The first-order valence-corrected chi connectivity index (χ1v) is 7.12. The Balaban J connectivity index is 2.35. The molecule has 1 saturated heterocycles. The number of rotatable bonds is 4. The summed E-state index contributed by atoms with van der Waals surface area (Å²) in [4.78, 5) is 34.6. The lowest BCUT2D eigenvalue weighted by Gasteiger charge is -2.28. The molecule has 2 rings (SSSR count). The summed E-state index contributed by atoms with van der Waals surface area (Å²) in [6, 6.07) is 0. The lowest BCUT2D eigenvalue weighted by molar-refractivity contribution is -0.165. The first-order chi connectivity index (χ1) is 11.2. The van der Waals surface area contributed by atoms with Gasteiger partial charge in [0.15, 0.2) is 23.9 Å². The third-order valence-electron chi connectivity index (χ3n) is 3.60. The molecule has 24 heavy (non-hydrogen) atoms. The van der Waals surface area contributed by atoms with Crippen LogP contribution < -0.4 is 5.32 Å². The fourth-order valence-electron chi connectivity index (χ4n) is 2.68. The molecule has 0 spiro atoms. The normalized spacial score (nSPS) is 32.8. The molecule has 0 aliphatic carbocycles. The van der Waals surface area contributed by atoms with Gasteiger partial charge in [0.25, 0.3) is 0 Å². The van der Waals surface area contributed by atoms with Crippen molar-refractivity contribution in [3.8, 4) is 0 Å². The molecular weight excluding hydrogens is 327 g/mol. The Bertz CT molecular complexity index is 606. The van der Waals surface area contributed by atoms with Gasteiger partial charge in [-0.2, -0.15) is 0 Å². The Morgan fingerprint density at radius 2 is 1.92 bits per heavy atom. The summed E-state index contributed by atoms with van der Waals surface area (Å²) in [6.45, 7) is 1.67. The predicted octanol–water partition coefficient (Wildman–Crippen LogP) is -0.814. The van der Waals surface area contributed by atoms with E-state index in [0.717, 1.165) is 19.9 Å². The Morgan fingerprint density at radius 3 is 2.46 bits per heavy atom. The molecule has 0 saturated carbocycles. The van der Waals surface area contributed by atoms with Crippen molar-refractivity contribution in [1.82, 2.24) is 5.32 Å². The summed E-state index contributed by atoms with van der Waals surface area (Å²) in [6.07, 6.45) is -3.72. The first-order valence-electron chi connectivity index (χ1n) is 7.12. The molecule has 132 valence electrons. The SMILES string of the molecule is CC(=O)OC1C(OC(C)=O)[C@@H](CO)O[C@H]1C1C=C(F)C(=N)NC1=O. The lowest BCUT2D eigenvalue weighted by Crippen LogP contribution is -2.49. The summed E-state index contributed by atoms with van der Waals surface area (Å²) in [5, 5.41) is 18.7. The molecule has 3 N–H and O–H groups in total. The number of aliphatic hydroxyl groups is 1. The molecule has 2 aliphatic heterocycles. The van der Waals surface area contributed by atoms with Crippen LogP contribution in [0.1, 0.15) is 13.8 Å². The van der Waals surface area contributed by atoms with Gasteiger partial charge in [-0.05, 0) is 6.08 Å². The Kier molecular flexibility index (Phi) is 5.30. The number of nitrogens with one attached hydrogen (secondary N) is 2. The summed E-state index contributed by atoms with van der Waals surface area (Å²) < 4.78 is 29.3. The first kappa shape index (κ1) is 18.0. The second kappa shape index (κ2) is 7.05. The van der Waals surface area contributed by atoms with Crippen molar-refractivity contribution < 1.29 is 38.1 Å². The van der Waals surface area contributed by atoms with Gasteiger partial charge in [-0.3, -0.25) is 19.8 Å². The van der Waals surface area contributed by atoms with E-state index >= 15 is 0 Å². The van der Waals surface area contributed by atoms with E-state index in [4.69, 9.17) is 19.6 Å². The van der Waals surface area contributed by atoms with Crippen LogP contribution >= 0.6 is 0 Å². The van der Waals surface area contributed by atoms with E-state index in [1.165, 1.54) is 0 Å². The fourth-order valence-corrected chi connectivity index (χ4v) is 2.68. The molecule has 0 bridgehead atoms. The topological polar surface area (TPSA) is 135 Å². The number of ether oxygens (including phenoxy) is 3. The van der Waals surface area contributed by atoms with Gasteiger partial charge in [0.05, 0.1) is 12.5 Å². The Hall–Kier alpha value is -2.33. The standard InChI is InChI=1S/C14H17FN2O7/c1-5(19)22-11-9(4-18)24-10(12(11)23-6(2)20)7-3-8(15)13(16)17-14(7)21/h3,7,9-12,18H,4H2,1-2H3,(H2,16,17,21)/t7?,9-,10+,11?,12?/m1/s1. The summed E-state index contributed by atoms with van der Waals surface area (Å²) >= 11 is 0. The smallest absolute Gasteiger partial charge is 0.303 e. The average Bonchev–Trinajstić information content (AvgIpc) is 2.79. The minimum Gasteiger partial charge on any atom is -0.456 e. The summed E-state index contributed by atoms with van der Waals surface area (Å²) in [5.41, 5.74) is 0. The van der Waals surface area contributed by atoms with Crippen LogP contribution in [0, 0.1) is 11.3 Å². The molecule has 10 heteroatoms. The number of hydrogen-bond donors (Lipinski definition) is 3. The predicted molar refractivity (Wildman–Crippen MR) is 75.4 cm³/mol. The monoisotopic (exact) mass is 344 g/mol. The van der Waals surface area contributed by atoms with Crippen LogP contribution in [0.2, 0.25) is 0 Å². The number of carbonyl (C=O) groups excluding carboxylic acids is 3. The number of esters is 2. The lowest BCUT2D eigenvalue weighted by atomic mass is 9.92. The van der Waals surface area contributed by atoms with Crippen molar-refractivity contribution in [3.05, 3.63) is 11.9 Å². The van der Waals surface area contributed by atoms with E-state index in [9.17, 15) is 23.9 Å². The number of amidine groups is 1. The van der Waals surface area contributed by atoms with Crippen molar-refractivity contribution in [2.24, 2.45) is 5.92 Å². The number of amides is 1. The number of halogens is 1. The fraction of sp³-hybridized carbons (Fsp3) is 0.571. The number of aliphatic hydroxyl groups excluding tert-OH is 1. The highest BCUT2D eigenvalue weighted by atomic mass is 19.1. The zero-order valence-electron chi connectivity index (χ0n) is 12.9. The Labute approximate surface area is 136 Å². The van der Waals surface area contributed by atoms with E-state index in [0.29, 0.717) is 0 Å². The van der Waals surface area contributed by atoms with Crippen LogP contribution in [-0.4, -0.2) is 59.8 Å². The zero-order chi connectivity index (χ0) is 18.0.